The van der Waals surface area contributed by atoms with E-state index in [0.717, 1.165) is 61.4 Å². The topological polar surface area (TPSA) is 48.8 Å². The number of para-hydroxylation sites is 4. The number of hydrogen-bond donors (Lipinski definition) is 0. The van der Waals surface area contributed by atoms with Crippen molar-refractivity contribution >= 4 is 65.8 Å². The number of benzene rings is 6. The van der Waals surface area contributed by atoms with E-state index in [1.807, 2.05) is 12.1 Å². The van der Waals surface area contributed by atoms with Gasteiger partial charge >= 0.3 is 0 Å². The van der Waals surface area contributed by atoms with Crippen LogP contribution in [0.2, 0.25) is 0 Å². The molecule has 5 nitrogen and oxygen atoms in total. The van der Waals surface area contributed by atoms with Gasteiger partial charge in [0.1, 0.15) is 5.52 Å². The summed E-state index contributed by atoms with van der Waals surface area (Å²) in [5, 5.41) is 5.78. The number of aromatic nitrogens is 4. The molecule has 0 aliphatic carbocycles. The summed E-state index contributed by atoms with van der Waals surface area (Å²) in [6.07, 6.45) is 0. The smallest absolute Gasteiger partial charge is 0.229 e. The molecule has 0 amide bonds. The molecule has 0 unspecified atom stereocenters. The summed E-state index contributed by atoms with van der Waals surface area (Å²) in [7, 11) is 0. The van der Waals surface area contributed by atoms with Crippen LogP contribution in [0.25, 0.3) is 99.7 Å². The quantitative estimate of drug-likeness (QED) is 0.190. The molecule has 0 saturated heterocycles. The molecule has 11 rings (SSSR count). The standard InChI is InChI=1S/C46H28N4O/c1-3-11-31(12-4-1)49-40-17-9-7-15-33(40)35-21-19-29(27-42(35)49)38-25-26-44-45(47-38)37-23-24-39(48-46(37)51-44)30-20-22-36-34-16-8-10-18-41(34)50(43(36)28-30)32-13-5-2-6-14-32/h1-28H. The summed E-state index contributed by atoms with van der Waals surface area (Å²) in [6.45, 7) is 0. The Morgan fingerprint density at radius 2 is 0.843 bits per heavy atom. The third kappa shape index (κ3) is 4.22. The van der Waals surface area contributed by atoms with Gasteiger partial charge in [-0.05, 0) is 72.8 Å². The van der Waals surface area contributed by atoms with E-state index in [-0.39, 0.29) is 0 Å². The molecule has 0 radical (unpaired) electrons. The Morgan fingerprint density at radius 3 is 1.43 bits per heavy atom. The molecule has 11 aromatic rings. The fraction of sp³-hybridized carbons (Fsp3) is 0. The van der Waals surface area contributed by atoms with Crippen molar-refractivity contribution in [2.75, 3.05) is 0 Å². The zero-order valence-corrected chi connectivity index (χ0v) is 27.4. The largest absolute Gasteiger partial charge is 0.436 e. The first-order chi connectivity index (χ1) is 25.3. The van der Waals surface area contributed by atoms with Gasteiger partial charge in [-0.2, -0.15) is 0 Å². The average molecular weight is 653 g/mol. The van der Waals surface area contributed by atoms with Gasteiger partial charge in [0.25, 0.3) is 0 Å². The summed E-state index contributed by atoms with van der Waals surface area (Å²) in [5.74, 6) is 0. The molecule has 0 fully saturated rings. The van der Waals surface area contributed by atoms with Crippen LogP contribution in [0, 0.1) is 0 Å². The summed E-state index contributed by atoms with van der Waals surface area (Å²) in [4.78, 5) is 10.2. The maximum Gasteiger partial charge on any atom is 0.229 e. The predicted octanol–water partition coefficient (Wildman–Crippen LogP) is 11.9. The minimum atomic E-state index is 0.579. The molecule has 0 bridgehead atoms. The van der Waals surface area contributed by atoms with E-state index in [2.05, 4.69) is 167 Å². The molecule has 0 aliphatic heterocycles. The molecule has 6 aromatic carbocycles. The normalized spacial score (nSPS) is 11.9. The molecule has 0 aliphatic rings. The lowest BCUT2D eigenvalue weighted by Crippen LogP contribution is -1.93. The average Bonchev–Trinajstić information content (AvgIpc) is 3.85. The third-order valence-corrected chi connectivity index (χ3v) is 10.1. The van der Waals surface area contributed by atoms with Gasteiger partial charge in [0.15, 0.2) is 5.58 Å². The van der Waals surface area contributed by atoms with Gasteiger partial charge < -0.3 is 13.6 Å². The number of nitrogens with zero attached hydrogens (tertiary/aromatic N) is 4. The Morgan fingerprint density at radius 1 is 0.373 bits per heavy atom. The van der Waals surface area contributed by atoms with Crippen LogP contribution in [0.15, 0.2) is 174 Å². The van der Waals surface area contributed by atoms with E-state index >= 15 is 0 Å². The van der Waals surface area contributed by atoms with E-state index in [1.165, 1.54) is 32.6 Å². The molecule has 0 atom stereocenters. The summed E-state index contributed by atoms with van der Waals surface area (Å²) in [5.41, 5.74) is 12.8. The van der Waals surface area contributed by atoms with Gasteiger partial charge in [-0.15, -0.1) is 0 Å². The van der Waals surface area contributed by atoms with Gasteiger partial charge in [0.2, 0.25) is 5.71 Å². The molecular weight excluding hydrogens is 625 g/mol. The lowest BCUT2D eigenvalue weighted by atomic mass is 10.1. The number of rotatable bonds is 4. The van der Waals surface area contributed by atoms with E-state index in [1.54, 1.807) is 0 Å². The second kappa shape index (κ2) is 10.8. The van der Waals surface area contributed by atoms with Gasteiger partial charge in [0, 0.05) is 44.0 Å². The van der Waals surface area contributed by atoms with Crippen LogP contribution in [0.3, 0.4) is 0 Å². The Balaban J connectivity index is 1.03. The summed E-state index contributed by atoms with van der Waals surface area (Å²) >= 11 is 0. The second-order valence-corrected chi connectivity index (χ2v) is 13.0. The number of fused-ring (bicyclic) bond motifs is 9. The van der Waals surface area contributed by atoms with Crippen LogP contribution in [0.4, 0.5) is 0 Å². The van der Waals surface area contributed by atoms with E-state index in [4.69, 9.17) is 14.4 Å². The van der Waals surface area contributed by atoms with Gasteiger partial charge in [-0.3, -0.25) is 0 Å². The Labute approximate surface area is 292 Å². The second-order valence-electron chi connectivity index (χ2n) is 13.0. The van der Waals surface area contributed by atoms with Crippen molar-refractivity contribution in [2.24, 2.45) is 0 Å². The van der Waals surface area contributed by atoms with Gasteiger partial charge in [-0.1, -0.05) is 97.1 Å². The minimum Gasteiger partial charge on any atom is -0.436 e. The number of pyridine rings is 2. The molecule has 5 heterocycles. The number of hydrogen-bond acceptors (Lipinski definition) is 3. The Bertz CT molecular complexity index is 3130. The highest BCUT2D eigenvalue weighted by Gasteiger charge is 2.17. The van der Waals surface area contributed by atoms with Crippen LogP contribution in [0.1, 0.15) is 0 Å². The van der Waals surface area contributed by atoms with Crippen LogP contribution < -0.4 is 0 Å². The van der Waals surface area contributed by atoms with Crippen LogP contribution in [0.5, 0.6) is 0 Å². The third-order valence-electron chi connectivity index (χ3n) is 10.1. The Kier molecular flexibility index (Phi) is 5.89. The first-order valence-corrected chi connectivity index (χ1v) is 17.2. The molecular formula is C46H28N4O. The van der Waals surface area contributed by atoms with Crippen molar-refractivity contribution in [1.29, 1.82) is 0 Å². The monoisotopic (exact) mass is 652 g/mol. The SMILES string of the molecule is c1ccc(-n2c3ccccc3c3ccc(-c4ccc5c(n4)oc4ccc(-c6ccc7c8ccccc8n(-c8ccccc8)c7c6)nc45)cc32)cc1. The highest BCUT2D eigenvalue weighted by Crippen LogP contribution is 2.38. The first kappa shape index (κ1) is 27.9. The fourth-order valence-corrected chi connectivity index (χ4v) is 7.82. The first-order valence-electron chi connectivity index (χ1n) is 17.2. The Hall–Kier alpha value is -6.98. The van der Waals surface area contributed by atoms with Crippen molar-refractivity contribution in [1.82, 2.24) is 19.1 Å². The maximum atomic E-state index is 6.34. The van der Waals surface area contributed by atoms with E-state index in [0.29, 0.717) is 5.71 Å². The lowest BCUT2D eigenvalue weighted by Gasteiger charge is -2.08. The van der Waals surface area contributed by atoms with Crippen molar-refractivity contribution in [3.63, 3.8) is 0 Å². The van der Waals surface area contributed by atoms with Gasteiger partial charge in [-0.25, -0.2) is 9.97 Å². The zero-order chi connectivity index (χ0) is 33.5. The molecule has 238 valence electrons. The highest BCUT2D eigenvalue weighted by atomic mass is 16.3. The summed E-state index contributed by atoms with van der Waals surface area (Å²) in [6, 6.07) is 59.7. The van der Waals surface area contributed by atoms with E-state index in [9.17, 15) is 0 Å². The molecule has 5 heteroatoms. The summed E-state index contributed by atoms with van der Waals surface area (Å²) < 4.78 is 11.0. The predicted molar refractivity (Wildman–Crippen MR) is 209 cm³/mol. The van der Waals surface area contributed by atoms with Crippen molar-refractivity contribution < 1.29 is 4.42 Å². The van der Waals surface area contributed by atoms with E-state index < -0.39 is 0 Å². The van der Waals surface area contributed by atoms with Gasteiger partial charge in [0.05, 0.1) is 38.8 Å². The fourth-order valence-electron chi connectivity index (χ4n) is 7.82. The van der Waals surface area contributed by atoms with Crippen LogP contribution in [-0.2, 0) is 0 Å². The lowest BCUT2D eigenvalue weighted by molar-refractivity contribution is 0.654. The van der Waals surface area contributed by atoms with Crippen molar-refractivity contribution in [3.05, 3.63) is 170 Å². The number of furan rings is 1. The molecule has 0 saturated carbocycles. The highest BCUT2D eigenvalue weighted by molar-refractivity contribution is 6.11. The maximum absolute atomic E-state index is 6.34. The molecule has 0 spiro atoms. The van der Waals surface area contributed by atoms with Crippen LogP contribution >= 0.6 is 0 Å². The van der Waals surface area contributed by atoms with Crippen LogP contribution in [-0.4, -0.2) is 19.1 Å². The van der Waals surface area contributed by atoms with Crippen molar-refractivity contribution in [3.8, 4) is 33.9 Å². The molecule has 5 aromatic heterocycles. The molecule has 0 N–H and O–H groups in total. The zero-order valence-electron chi connectivity index (χ0n) is 27.4. The van der Waals surface area contributed by atoms with Crippen molar-refractivity contribution in [2.45, 2.75) is 0 Å². The molecule has 51 heavy (non-hydrogen) atoms. The minimum absolute atomic E-state index is 0.579.